The summed E-state index contributed by atoms with van der Waals surface area (Å²) < 4.78 is 5.39. The zero-order valence-electron chi connectivity index (χ0n) is 10.3. The van der Waals surface area contributed by atoms with Gasteiger partial charge in [0, 0.05) is 5.56 Å². The molecular formula is C14H17NO2. The van der Waals surface area contributed by atoms with Crippen molar-refractivity contribution >= 4 is 6.08 Å². The Kier molecular flexibility index (Phi) is 3.30. The number of aryl methyl sites for hydroxylation is 1. The molecule has 1 aliphatic carbocycles. The van der Waals surface area contributed by atoms with E-state index in [-0.39, 0.29) is 0 Å². The Bertz CT molecular complexity index is 455. The third kappa shape index (κ3) is 2.11. The third-order valence-electron chi connectivity index (χ3n) is 3.55. The summed E-state index contributed by atoms with van der Waals surface area (Å²) in [5.74, 6) is 0.816. The molecule has 0 aliphatic heterocycles. The van der Waals surface area contributed by atoms with Crippen molar-refractivity contribution < 1.29 is 9.53 Å². The number of benzene rings is 1. The van der Waals surface area contributed by atoms with Gasteiger partial charge in [-0.25, -0.2) is 4.79 Å². The van der Waals surface area contributed by atoms with Gasteiger partial charge >= 0.3 is 0 Å². The van der Waals surface area contributed by atoms with E-state index in [1.54, 1.807) is 13.2 Å². The molecule has 3 heteroatoms. The van der Waals surface area contributed by atoms with E-state index in [0.717, 1.165) is 42.6 Å². The number of methoxy groups -OCH3 is 1. The molecule has 0 N–H and O–H groups in total. The van der Waals surface area contributed by atoms with Crippen molar-refractivity contribution in [2.45, 2.75) is 38.1 Å². The van der Waals surface area contributed by atoms with Crippen LogP contribution in [0.15, 0.2) is 23.2 Å². The van der Waals surface area contributed by atoms with Crippen molar-refractivity contribution in [3.63, 3.8) is 0 Å². The molecule has 1 fully saturated rings. The summed E-state index contributed by atoms with van der Waals surface area (Å²) in [4.78, 5) is 14.8. The van der Waals surface area contributed by atoms with Crippen LogP contribution in [0.25, 0.3) is 0 Å². The van der Waals surface area contributed by atoms with Gasteiger partial charge in [0.2, 0.25) is 6.08 Å². The zero-order valence-corrected chi connectivity index (χ0v) is 10.3. The van der Waals surface area contributed by atoms with Crippen LogP contribution in [0.1, 0.15) is 36.8 Å². The Hall–Kier alpha value is -1.60. The van der Waals surface area contributed by atoms with E-state index >= 15 is 0 Å². The zero-order chi connectivity index (χ0) is 12.3. The average molecular weight is 231 g/mol. The molecule has 0 radical (unpaired) electrons. The van der Waals surface area contributed by atoms with Crippen LogP contribution in [0.4, 0.5) is 0 Å². The van der Waals surface area contributed by atoms with E-state index in [4.69, 9.17) is 4.74 Å². The highest BCUT2D eigenvalue weighted by molar-refractivity contribution is 5.46. The van der Waals surface area contributed by atoms with E-state index < -0.39 is 5.54 Å². The number of aliphatic imine (C=N–C) groups is 1. The lowest BCUT2D eigenvalue weighted by Gasteiger charge is -2.25. The SMILES string of the molecule is COc1ccc(C)cc1C1(N=C=O)CCCC1. The molecule has 0 aromatic heterocycles. The van der Waals surface area contributed by atoms with Crippen LogP contribution in [0, 0.1) is 6.92 Å². The summed E-state index contributed by atoms with van der Waals surface area (Å²) in [6.45, 7) is 2.04. The summed E-state index contributed by atoms with van der Waals surface area (Å²) in [5, 5.41) is 0. The first-order valence-corrected chi connectivity index (χ1v) is 5.96. The lowest BCUT2D eigenvalue weighted by Crippen LogP contribution is -2.20. The van der Waals surface area contributed by atoms with Crippen LogP contribution in [0.3, 0.4) is 0 Å². The fourth-order valence-corrected chi connectivity index (χ4v) is 2.67. The number of isocyanates is 1. The number of carbonyl (C=O) groups excluding carboxylic acids is 1. The smallest absolute Gasteiger partial charge is 0.235 e. The molecule has 0 heterocycles. The van der Waals surface area contributed by atoms with Gasteiger partial charge in [-0.05, 0) is 31.9 Å². The lowest BCUT2D eigenvalue weighted by atomic mass is 9.87. The lowest BCUT2D eigenvalue weighted by molar-refractivity contribution is 0.379. The first-order chi connectivity index (χ1) is 8.22. The van der Waals surface area contributed by atoms with Crippen LogP contribution >= 0.6 is 0 Å². The van der Waals surface area contributed by atoms with Gasteiger partial charge in [-0.3, -0.25) is 0 Å². The largest absolute Gasteiger partial charge is 0.496 e. The number of ether oxygens (including phenoxy) is 1. The molecule has 1 aromatic rings. The number of hydrogen-bond acceptors (Lipinski definition) is 3. The van der Waals surface area contributed by atoms with Gasteiger partial charge in [-0.2, -0.15) is 4.99 Å². The van der Waals surface area contributed by atoms with Crippen LogP contribution in [0.2, 0.25) is 0 Å². The van der Waals surface area contributed by atoms with Crippen molar-refractivity contribution in [2.75, 3.05) is 7.11 Å². The molecule has 0 saturated heterocycles. The number of hydrogen-bond donors (Lipinski definition) is 0. The molecule has 1 aliphatic rings. The highest BCUT2D eigenvalue weighted by Gasteiger charge is 2.37. The highest BCUT2D eigenvalue weighted by Crippen LogP contribution is 2.45. The second-order valence-electron chi connectivity index (χ2n) is 4.65. The minimum atomic E-state index is -0.404. The van der Waals surface area contributed by atoms with E-state index in [1.165, 1.54) is 0 Å². The molecule has 90 valence electrons. The molecule has 1 saturated carbocycles. The maximum atomic E-state index is 10.7. The highest BCUT2D eigenvalue weighted by atomic mass is 16.5. The van der Waals surface area contributed by atoms with Crippen molar-refractivity contribution in [1.82, 2.24) is 0 Å². The van der Waals surface area contributed by atoms with Gasteiger partial charge in [-0.15, -0.1) is 0 Å². The first-order valence-electron chi connectivity index (χ1n) is 5.96. The molecule has 3 nitrogen and oxygen atoms in total. The Morgan fingerprint density at radius 1 is 1.35 bits per heavy atom. The molecule has 0 unspecified atom stereocenters. The normalized spacial score (nSPS) is 17.5. The molecule has 1 aromatic carbocycles. The topological polar surface area (TPSA) is 38.7 Å². The van der Waals surface area contributed by atoms with Gasteiger partial charge in [0.15, 0.2) is 0 Å². The molecule has 0 spiro atoms. The van der Waals surface area contributed by atoms with E-state index in [9.17, 15) is 4.79 Å². The molecule has 0 atom stereocenters. The van der Waals surface area contributed by atoms with Gasteiger partial charge in [0.05, 0.1) is 7.11 Å². The fourth-order valence-electron chi connectivity index (χ4n) is 2.67. The Balaban J connectivity index is 2.56. The van der Waals surface area contributed by atoms with E-state index in [1.807, 2.05) is 19.1 Å². The van der Waals surface area contributed by atoms with Crippen molar-refractivity contribution in [3.8, 4) is 5.75 Å². The Morgan fingerprint density at radius 3 is 2.65 bits per heavy atom. The van der Waals surface area contributed by atoms with Gasteiger partial charge in [0.1, 0.15) is 11.3 Å². The summed E-state index contributed by atoms with van der Waals surface area (Å²) in [5.41, 5.74) is 1.79. The molecule has 0 amide bonds. The quantitative estimate of drug-likeness (QED) is 0.592. The van der Waals surface area contributed by atoms with Crippen LogP contribution < -0.4 is 4.74 Å². The minimum absolute atomic E-state index is 0.404. The monoisotopic (exact) mass is 231 g/mol. The third-order valence-corrected chi connectivity index (χ3v) is 3.55. The van der Waals surface area contributed by atoms with Gasteiger partial charge in [0.25, 0.3) is 0 Å². The molecule has 2 rings (SSSR count). The number of nitrogens with zero attached hydrogens (tertiary/aromatic N) is 1. The average Bonchev–Trinajstić information content (AvgIpc) is 2.79. The second kappa shape index (κ2) is 4.72. The Morgan fingerprint density at radius 2 is 2.06 bits per heavy atom. The summed E-state index contributed by atoms with van der Waals surface area (Å²) in [6.07, 6.45) is 5.75. The van der Waals surface area contributed by atoms with Crippen molar-refractivity contribution in [1.29, 1.82) is 0 Å². The van der Waals surface area contributed by atoms with Crippen LogP contribution in [-0.2, 0) is 10.3 Å². The summed E-state index contributed by atoms with van der Waals surface area (Å²) in [7, 11) is 1.65. The number of rotatable bonds is 3. The maximum absolute atomic E-state index is 10.7. The fraction of sp³-hybridized carbons (Fsp3) is 0.500. The van der Waals surface area contributed by atoms with Crippen molar-refractivity contribution in [3.05, 3.63) is 29.3 Å². The standard InChI is InChI=1S/C14H17NO2/c1-11-5-6-13(17-2)12(9-11)14(15-10-16)7-3-4-8-14/h5-6,9H,3-4,7-8H2,1-2H3. The Labute approximate surface area is 102 Å². The summed E-state index contributed by atoms with van der Waals surface area (Å²) >= 11 is 0. The molecular weight excluding hydrogens is 214 g/mol. The predicted molar refractivity (Wildman–Crippen MR) is 66.0 cm³/mol. The van der Waals surface area contributed by atoms with E-state index in [0.29, 0.717) is 0 Å². The minimum Gasteiger partial charge on any atom is -0.496 e. The van der Waals surface area contributed by atoms with E-state index in [2.05, 4.69) is 11.1 Å². The molecule has 17 heavy (non-hydrogen) atoms. The van der Waals surface area contributed by atoms with Crippen LogP contribution in [-0.4, -0.2) is 13.2 Å². The first kappa shape index (κ1) is 11.9. The van der Waals surface area contributed by atoms with Gasteiger partial charge < -0.3 is 4.74 Å². The van der Waals surface area contributed by atoms with Crippen LogP contribution in [0.5, 0.6) is 5.75 Å². The van der Waals surface area contributed by atoms with Crippen molar-refractivity contribution in [2.24, 2.45) is 4.99 Å². The maximum Gasteiger partial charge on any atom is 0.235 e. The second-order valence-corrected chi connectivity index (χ2v) is 4.65. The summed E-state index contributed by atoms with van der Waals surface area (Å²) in [6, 6.07) is 6.03. The predicted octanol–water partition coefficient (Wildman–Crippen LogP) is 3.11. The van der Waals surface area contributed by atoms with Gasteiger partial charge in [-0.1, -0.05) is 24.5 Å². The molecule has 0 bridgehead atoms.